The molecule has 0 radical (unpaired) electrons. The number of aromatic nitrogens is 5. The van der Waals surface area contributed by atoms with Gasteiger partial charge in [-0.3, -0.25) is 9.29 Å². The third-order valence-electron chi connectivity index (χ3n) is 3.91. The minimum atomic E-state index is -3.91. The highest BCUT2D eigenvalue weighted by molar-refractivity contribution is 7.92. The highest BCUT2D eigenvalue weighted by atomic mass is 32.2. The monoisotopic (exact) mass is 388 g/mol. The number of nitrogens with one attached hydrogen (secondary N) is 2. The molecule has 0 unspecified atom stereocenters. The van der Waals surface area contributed by atoms with Crippen molar-refractivity contribution in [3.8, 4) is 5.69 Å². The van der Waals surface area contributed by atoms with Crippen LogP contribution in [0.1, 0.15) is 0 Å². The van der Waals surface area contributed by atoms with Gasteiger partial charge in [-0.25, -0.2) is 23.1 Å². The summed E-state index contributed by atoms with van der Waals surface area (Å²) in [6.45, 7) is 0. The zero-order valence-electron chi connectivity index (χ0n) is 13.8. The molecule has 0 saturated carbocycles. The van der Waals surface area contributed by atoms with Gasteiger partial charge in [0.05, 0.1) is 16.1 Å². The Hall–Kier alpha value is -3.67. The summed E-state index contributed by atoms with van der Waals surface area (Å²) < 4.78 is 34.9. The van der Waals surface area contributed by atoms with E-state index in [2.05, 4.69) is 20.2 Å². The van der Waals surface area contributed by atoms with Crippen molar-refractivity contribution in [1.29, 1.82) is 0 Å². The predicted molar refractivity (Wildman–Crippen MR) is 94.2 cm³/mol. The van der Waals surface area contributed by atoms with Crippen LogP contribution in [-0.4, -0.2) is 33.2 Å². The molecule has 0 aliphatic heterocycles. The van der Waals surface area contributed by atoms with Crippen LogP contribution in [-0.2, 0) is 17.1 Å². The third kappa shape index (κ3) is 2.91. The molecule has 11 nitrogen and oxygen atoms in total. The van der Waals surface area contributed by atoms with E-state index in [1.165, 1.54) is 54.1 Å². The van der Waals surface area contributed by atoms with Gasteiger partial charge in [-0.2, -0.15) is 4.68 Å². The zero-order chi connectivity index (χ0) is 19.2. The van der Waals surface area contributed by atoms with Gasteiger partial charge in [-0.15, -0.1) is 0 Å². The second kappa shape index (κ2) is 5.95. The second-order valence-corrected chi connectivity index (χ2v) is 7.31. The molecule has 12 heteroatoms. The van der Waals surface area contributed by atoms with Crippen LogP contribution in [0.5, 0.6) is 0 Å². The Morgan fingerprint density at radius 2 is 1.85 bits per heavy atom. The van der Waals surface area contributed by atoms with Gasteiger partial charge >= 0.3 is 11.4 Å². The number of hydrogen-bond donors (Lipinski definition) is 2. The summed E-state index contributed by atoms with van der Waals surface area (Å²) in [6.07, 6.45) is 0. The first kappa shape index (κ1) is 16.8. The number of nitrogens with zero attached hydrogens (tertiary/aromatic N) is 4. The third-order valence-corrected chi connectivity index (χ3v) is 5.29. The summed E-state index contributed by atoms with van der Waals surface area (Å²) in [5.41, 5.74) is 0.850. The van der Waals surface area contributed by atoms with Gasteiger partial charge in [0, 0.05) is 18.8 Å². The molecule has 27 heavy (non-hydrogen) atoms. The summed E-state index contributed by atoms with van der Waals surface area (Å²) in [7, 11) is -2.38. The van der Waals surface area contributed by atoms with Crippen LogP contribution in [0.15, 0.2) is 61.4 Å². The number of benzene rings is 2. The highest BCUT2D eigenvalue weighted by Crippen LogP contribution is 2.21. The summed E-state index contributed by atoms with van der Waals surface area (Å²) in [5, 5.41) is 9.15. The maximum Gasteiger partial charge on any atom is 0.419 e. The van der Waals surface area contributed by atoms with Crippen LogP contribution in [0.3, 0.4) is 0 Å². The molecular formula is C15H12N6O5S. The summed E-state index contributed by atoms with van der Waals surface area (Å²) in [4.78, 5) is 23.0. The molecule has 4 rings (SSSR count). The van der Waals surface area contributed by atoms with E-state index in [1.807, 2.05) is 0 Å². The van der Waals surface area contributed by atoms with Crippen LogP contribution in [0.25, 0.3) is 16.8 Å². The lowest BCUT2D eigenvalue weighted by Crippen LogP contribution is -2.16. The zero-order valence-corrected chi connectivity index (χ0v) is 14.6. The lowest BCUT2D eigenvalue weighted by atomic mass is 10.3. The Labute approximate surface area is 150 Å². The number of oxazole rings is 1. The fraction of sp³-hybridized carbons (Fsp3) is 0.0667. The second-order valence-electron chi connectivity index (χ2n) is 5.63. The van der Waals surface area contributed by atoms with Crippen molar-refractivity contribution in [2.75, 3.05) is 4.72 Å². The molecule has 2 aromatic heterocycles. The number of anilines is 1. The van der Waals surface area contributed by atoms with E-state index in [1.54, 1.807) is 0 Å². The van der Waals surface area contributed by atoms with Crippen molar-refractivity contribution in [2.24, 2.45) is 7.05 Å². The Morgan fingerprint density at radius 3 is 2.52 bits per heavy atom. The summed E-state index contributed by atoms with van der Waals surface area (Å²) >= 11 is 0. The molecule has 4 aromatic rings. The first-order chi connectivity index (χ1) is 12.8. The van der Waals surface area contributed by atoms with Gasteiger partial charge in [0.25, 0.3) is 10.0 Å². The smallest absolute Gasteiger partial charge is 0.408 e. The van der Waals surface area contributed by atoms with E-state index in [0.717, 1.165) is 4.68 Å². The molecular weight excluding hydrogens is 376 g/mol. The van der Waals surface area contributed by atoms with Crippen LogP contribution in [0.4, 0.5) is 5.69 Å². The van der Waals surface area contributed by atoms with Crippen molar-refractivity contribution >= 4 is 26.8 Å². The van der Waals surface area contributed by atoms with E-state index in [-0.39, 0.29) is 16.2 Å². The molecule has 2 aromatic carbocycles. The van der Waals surface area contributed by atoms with Gasteiger partial charge in [-0.1, -0.05) is 0 Å². The molecule has 0 atom stereocenters. The number of rotatable bonds is 4. The Kier molecular flexibility index (Phi) is 3.70. The fourth-order valence-electron chi connectivity index (χ4n) is 2.53. The maximum absolute atomic E-state index is 12.6. The predicted octanol–water partition coefficient (Wildman–Crippen LogP) is 0.201. The lowest BCUT2D eigenvalue weighted by molar-refractivity contribution is 0.527. The van der Waals surface area contributed by atoms with Gasteiger partial charge in [0.1, 0.15) is 0 Å². The average molecular weight is 388 g/mol. The van der Waals surface area contributed by atoms with Crippen molar-refractivity contribution in [1.82, 2.24) is 24.8 Å². The largest absolute Gasteiger partial charge is 0.419 e. The van der Waals surface area contributed by atoms with Crippen LogP contribution in [0, 0.1) is 0 Å². The Bertz CT molecular complexity index is 1360. The van der Waals surface area contributed by atoms with Crippen molar-refractivity contribution in [3.05, 3.63) is 63.5 Å². The molecule has 0 aliphatic carbocycles. The van der Waals surface area contributed by atoms with Crippen molar-refractivity contribution < 1.29 is 12.8 Å². The number of H-pyrrole nitrogens is 1. The molecule has 0 bridgehead atoms. The molecule has 138 valence electrons. The average Bonchev–Trinajstić information content (AvgIpc) is 3.18. The minimum absolute atomic E-state index is 0.0545. The topological polar surface area (TPSA) is 145 Å². The summed E-state index contributed by atoms with van der Waals surface area (Å²) in [5.74, 6) is -0.578. The first-order valence-electron chi connectivity index (χ1n) is 7.58. The number of sulfonamides is 1. The number of aryl methyl sites for hydroxylation is 1. The molecule has 0 aliphatic rings. The molecule has 0 spiro atoms. The van der Waals surface area contributed by atoms with E-state index < -0.39 is 21.5 Å². The molecule has 0 saturated heterocycles. The number of fused-ring (bicyclic) bond motifs is 1. The molecule has 2 N–H and O–H groups in total. The fourth-order valence-corrected chi connectivity index (χ4v) is 3.61. The van der Waals surface area contributed by atoms with E-state index >= 15 is 0 Å². The normalized spacial score (nSPS) is 11.7. The van der Waals surface area contributed by atoms with E-state index in [4.69, 9.17) is 4.42 Å². The van der Waals surface area contributed by atoms with Crippen molar-refractivity contribution in [3.63, 3.8) is 0 Å². The SMILES string of the molecule is Cn1c(=O)oc2cc(S(=O)(=O)Nc3ccc(-n4nn[nH]c4=O)cc3)ccc21. The van der Waals surface area contributed by atoms with Crippen LogP contribution < -0.4 is 16.2 Å². The van der Waals surface area contributed by atoms with Crippen molar-refractivity contribution in [2.45, 2.75) is 4.90 Å². The molecule has 0 amide bonds. The summed E-state index contributed by atoms with van der Waals surface area (Å²) in [6, 6.07) is 10.1. The van der Waals surface area contributed by atoms with Crippen LogP contribution in [0.2, 0.25) is 0 Å². The minimum Gasteiger partial charge on any atom is -0.408 e. The van der Waals surface area contributed by atoms with Gasteiger partial charge in [0.15, 0.2) is 5.58 Å². The van der Waals surface area contributed by atoms with Crippen LogP contribution >= 0.6 is 0 Å². The Balaban J connectivity index is 1.64. The standard InChI is InChI=1S/C15H12N6O5S/c1-20-12-7-6-11(8-13(12)26-15(20)23)27(24,25)17-9-2-4-10(5-3-9)21-14(22)16-18-19-21/h2-8,17H,1H3,(H,16,19,22). The Morgan fingerprint density at radius 1 is 1.11 bits per heavy atom. The number of tetrazole rings is 1. The quantitative estimate of drug-likeness (QED) is 0.508. The maximum atomic E-state index is 12.6. The lowest BCUT2D eigenvalue weighted by Gasteiger charge is -2.08. The van der Waals surface area contributed by atoms with E-state index in [9.17, 15) is 18.0 Å². The van der Waals surface area contributed by atoms with Gasteiger partial charge in [0.2, 0.25) is 0 Å². The van der Waals surface area contributed by atoms with Gasteiger partial charge in [-0.05, 0) is 46.8 Å². The highest BCUT2D eigenvalue weighted by Gasteiger charge is 2.17. The number of hydrogen-bond acceptors (Lipinski definition) is 7. The number of aromatic amines is 1. The van der Waals surface area contributed by atoms with E-state index in [0.29, 0.717) is 11.2 Å². The first-order valence-corrected chi connectivity index (χ1v) is 9.07. The molecule has 2 heterocycles. The molecule has 0 fully saturated rings. The van der Waals surface area contributed by atoms with Gasteiger partial charge < -0.3 is 4.42 Å².